The number of rotatable bonds is 2. The number of nitrogens with zero attached hydrogens (tertiary/aromatic N) is 3. The van der Waals surface area contributed by atoms with Crippen LogP contribution in [0.5, 0.6) is 11.5 Å². The summed E-state index contributed by atoms with van der Waals surface area (Å²) in [5.74, 6) is 2.23. The minimum absolute atomic E-state index is 0.0992. The molecule has 0 aliphatic carbocycles. The molecule has 1 saturated heterocycles. The van der Waals surface area contributed by atoms with Gasteiger partial charge in [-0.2, -0.15) is 4.98 Å². The number of ether oxygens (including phenoxy) is 2. The van der Waals surface area contributed by atoms with Crippen molar-refractivity contribution >= 4 is 5.91 Å². The number of carbonyl (C=O) groups excluding carboxylic acids is 1. The average molecular weight is 315 g/mol. The smallest absolute Gasteiger partial charge is 0.267 e. The monoisotopic (exact) mass is 315 g/mol. The highest BCUT2D eigenvalue weighted by molar-refractivity contribution is 5.82. The van der Waals surface area contributed by atoms with Gasteiger partial charge in [0, 0.05) is 6.54 Å². The third-order valence-electron chi connectivity index (χ3n) is 4.15. The molecular formula is C16H17N3O4. The second kappa shape index (κ2) is 5.57. The standard InChI is InChI=1S/C16H17N3O4/c1-10-17-15(23-18-10)11-5-4-8-19(11)16(20)14-9-21-12-6-2-3-7-13(12)22-14/h2-3,6-7,11,14H,4-5,8-9H2,1H3. The highest BCUT2D eigenvalue weighted by Gasteiger charge is 2.39. The molecule has 2 aliphatic rings. The SMILES string of the molecule is Cc1noc(C2CCCN2C(=O)C2COc3ccccc3O2)n1. The quantitative estimate of drug-likeness (QED) is 0.842. The lowest BCUT2D eigenvalue weighted by Gasteiger charge is -2.30. The highest BCUT2D eigenvalue weighted by Crippen LogP contribution is 2.35. The molecule has 1 amide bonds. The van der Waals surface area contributed by atoms with Gasteiger partial charge < -0.3 is 18.9 Å². The largest absolute Gasteiger partial charge is 0.485 e. The molecule has 0 spiro atoms. The van der Waals surface area contributed by atoms with Crippen LogP contribution < -0.4 is 9.47 Å². The van der Waals surface area contributed by atoms with E-state index in [-0.39, 0.29) is 18.6 Å². The number of amides is 1. The molecule has 7 nitrogen and oxygen atoms in total. The molecule has 120 valence electrons. The maximum absolute atomic E-state index is 12.8. The van der Waals surface area contributed by atoms with Crippen LogP contribution in [0.1, 0.15) is 30.6 Å². The third-order valence-corrected chi connectivity index (χ3v) is 4.15. The fraction of sp³-hybridized carbons (Fsp3) is 0.438. The summed E-state index contributed by atoms with van der Waals surface area (Å²) in [4.78, 5) is 18.9. The molecule has 2 unspecified atom stereocenters. The molecule has 23 heavy (non-hydrogen) atoms. The first-order valence-electron chi connectivity index (χ1n) is 7.71. The summed E-state index contributed by atoms with van der Waals surface area (Å²) in [7, 11) is 0. The predicted molar refractivity (Wildman–Crippen MR) is 79.1 cm³/mol. The van der Waals surface area contributed by atoms with Gasteiger partial charge in [0.25, 0.3) is 5.91 Å². The summed E-state index contributed by atoms with van der Waals surface area (Å²) in [6.45, 7) is 2.64. The van der Waals surface area contributed by atoms with Crippen molar-refractivity contribution in [2.45, 2.75) is 31.9 Å². The number of para-hydroxylation sites is 2. The molecule has 0 saturated carbocycles. The Labute approximate surface area is 133 Å². The Bertz CT molecular complexity index is 730. The van der Waals surface area contributed by atoms with Crippen LogP contribution in [0.3, 0.4) is 0 Å². The van der Waals surface area contributed by atoms with Crippen LogP contribution in [0.15, 0.2) is 28.8 Å². The highest BCUT2D eigenvalue weighted by atomic mass is 16.6. The van der Waals surface area contributed by atoms with Crippen molar-refractivity contribution in [3.8, 4) is 11.5 Å². The first-order valence-corrected chi connectivity index (χ1v) is 7.71. The molecule has 4 rings (SSSR count). The van der Waals surface area contributed by atoms with E-state index in [9.17, 15) is 4.79 Å². The molecule has 0 radical (unpaired) electrons. The molecule has 0 N–H and O–H groups in total. The van der Waals surface area contributed by atoms with E-state index in [0.717, 1.165) is 12.8 Å². The third kappa shape index (κ3) is 2.52. The van der Waals surface area contributed by atoms with Crippen LogP contribution in [-0.4, -0.2) is 40.2 Å². The van der Waals surface area contributed by atoms with E-state index in [1.165, 1.54) is 0 Å². The van der Waals surface area contributed by atoms with Crippen molar-refractivity contribution in [1.29, 1.82) is 0 Å². The van der Waals surface area contributed by atoms with Crippen LogP contribution >= 0.6 is 0 Å². The van der Waals surface area contributed by atoms with Crippen molar-refractivity contribution in [3.63, 3.8) is 0 Å². The fourth-order valence-corrected chi connectivity index (χ4v) is 3.06. The van der Waals surface area contributed by atoms with Crippen LogP contribution in [-0.2, 0) is 4.79 Å². The molecule has 2 atom stereocenters. The van der Waals surface area contributed by atoms with E-state index < -0.39 is 6.10 Å². The van der Waals surface area contributed by atoms with Gasteiger partial charge in [-0.3, -0.25) is 4.79 Å². The van der Waals surface area contributed by atoms with Gasteiger partial charge in [-0.25, -0.2) is 0 Å². The molecule has 1 aromatic carbocycles. The summed E-state index contributed by atoms with van der Waals surface area (Å²) in [6.07, 6.45) is 1.08. The zero-order chi connectivity index (χ0) is 15.8. The lowest BCUT2D eigenvalue weighted by Crippen LogP contribution is -2.46. The van der Waals surface area contributed by atoms with Gasteiger partial charge in [0.15, 0.2) is 17.3 Å². The van der Waals surface area contributed by atoms with Gasteiger partial charge in [-0.1, -0.05) is 17.3 Å². The molecular weight excluding hydrogens is 298 g/mol. The van der Waals surface area contributed by atoms with Crippen molar-refractivity contribution in [3.05, 3.63) is 36.0 Å². The van der Waals surface area contributed by atoms with E-state index in [1.54, 1.807) is 17.9 Å². The normalized spacial score (nSPS) is 23.1. The number of carbonyl (C=O) groups is 1. The summed E-state index contributed by atoms with van der Waals surface area (Å²) in [5.41, 5.74) is 0. The van der Waals surface area contributed by atoms with E-state index >= 15 is 0 Å². The van der Waals surface area contributed by atoms with Crippen LogP contribution in [0, 0.1) is 6.92 Å². The minimum atomic E-state index is -0.644. The zero-order valence-corrected chi connectivity index (χ0v) is 12.8. The zero-order valence-electron chi connectivity index (χ0n) is 12.8. The Morgan fingerprint density at radius 1 is 1.30 bits per heavy atom. The van der Waals surface area contributed by atoms with Gasteiger partial charge >= 0.3 is 0 Å². The van der Waals surface area contributed by atoms with E-state index in [0.29, 0.717) is 29.8 Å². The number of hydrogen-bond donors (Lipinski definition) is 0. The van der Waals surface area contributed by atoms with Crippen LogP contribution in [0.2, 0.25) is 0 Å². The molecule has 2 aromatic rings. The Kier molecular flexibility index (Phi) is 3.40. The Hall–Kier alpha value is -2.57. The second-order valence-corrected chi connectivity index (χ2v) is 5.73. The first-order chi connectivity index (χ1) is 11.2. The molecule has 7 heteroatoms. The van der Waals surface area contributed by atoms with Gasteiger partial charge in [0.1, 0.15) is 12.6 Å². The molecule has 0 bridgehead atoms. The number of fused-ring (bicyclic) bond motifs is 1. The number of hydrogen-bond acceptors (Lipinski definition) is 6. The van der Waals surface area contributed by atoms with Crippen LogP contribution in [0.25, 0.3) is 0 Å². The average Bonchev–Trinajstić information content (AvgIpc) is 3.22. The fourth-order valence-electron chi connectivity index (χ4n) is 3.06. The van der Waals surface area contributed by atoms with Gasteiger partial charge in [0.2, 0.25) is 12.0 Å². The first kappa shape index (κ1) is 14.0. The lowest BCUT2D eigenvalue weighted by molar-refractivity contribution is -0.142. The summed E-state index contributed by atoms with van der Waals surface area (Å²) >= 11 is 0. The number of aromatic nitrogens is 2. The summed E-state index contributed by atoms with van der Waals surface area (Å²) < 4.78 is 16.7. The van der Waals surface area contributed by atoms with E-state index in [4.69, 9.17) is 14.0 Å². The molecule has 2 aliphatic heterocycles. The summed E-state index contributed by atoms with van der Waals surface area (Å²) in [5, 5.41) is 3.82. The lowest BCUT2D eigenvalue weighted by atomic mass is 10.2. The van der Waals surface area contributed by atoms with Crippen molar-refractivity contribution < 1.29 is 18.8 Å². The van der Waals surface area contributed by atoms with Gasteiger partial charge in [-0.15, -0.1) is 0 Å². The van der Waals surface area contributed by atoms with Crippen LogP contribution in [0.4, 0.5) is 0 Å². The molecule has 1 fully saturated rings. The van der Waals surface area contributed by atoms with E-state index in [1.807, 2.05) is 18.2 Å². The summed E-state index contributed by atoms with van der Waals surface area (Å²) in [6, 6.07) is 7.19. The van der Waals surface area contributed by atoms with E-state index in [2.05, 4.69) is 10.1 Å². The Morgan fingerprint density at radius 3 is 2.91 bits per heavy atom. The Morgan fingerprint density at radius 2 is 2.13 bits per heavy atom. The van der Waals surface area contributed by atoms with Gasteiger partial charge in [-0.05, 0) is 31.9 Å². The molecule has 1 aromatic heterocycles. The minimum Gasteiger partial charge on any atom is -0.485 e. The van der Waals surface area contributed by atoms with Gasteiger partial charge in [0.05, 0.1) is 0 Å². The maximum Gasteiger partial charge on any atom is 0.267 e. The second-order valence-electron chi connectivity index (χ2n) is 5.73. The van der Waals surface area contributed by atoms with Crippen molar-refractivity contribution in [2.24, 2.45) is 0 Å². The predicted octanol–water partition coefficient (Wildman–Crippen LogP) is 1.88. The number of aryl methyl sites for hydroxylation is 1. The van der Waals surface area contributed by atoms with Crippen molar-refractivity contribution in [1.82, 2.24) is 15.0 Å². The van der Waals surface area contributed by atoms with Crippen molar-refractivity contribution in [2.75, 3.05) is 13.2 Å². The Balaban J connectivity index is 1.52. The number of benzene rings is 1. The molecule has 3 heterocycles. The number of likely N-dealkylation sites (tertiary alicyclic amines) is 1. The topological polar surface area (TPSA) is 77.7 Å². The maximum atomic E-state index is 12.8.